The van der Waals surface area contributed by atoms with E-state index in [0.717, 1.165) is 0 Å². The van der Waals surface area contributed by atoms with Crippen LogP contribution in [0, 0.1) is 5.82 Å². The van der Waals surface area contributed by atoms with E-state index in [4.69, 9.17) is 21.1 Å². The number of benzene rings is 2. The molecule has 0 radical (unpaired) electrons. The van der Waals surface area contributed by atoms with E-state index in [0.29, 0.717) is 18.1 Å². The molecule has 1 N–H and O–H groups in total. The molecule has 0 saturated heterocycles. The van der Waals surface area contributed by atoms with Crippen LogP contribution in [-0.4, -0.2) is 19.1 Å². The minimum absolute atomic E-state index is 0.0131. The van der Waals surface area contributed by atoms with Crippen LogP contribution in [0.3, 0.4) is 0 Å². The van der Waals surface area contributed by atoms with Crippen molar-refractivity contribution in [2.24, 2.45) is 0 Å². The maximum absolute atomic E-state index is 13.7. The Bertz CT molecular complexity index is 664. The molecule has 2 aromatic rings. The molecule has 0 aliphatic rings. The summed E-state index contributed by atoms with van der Waals surface area (Å²) in [5.74, 6) is -0.169. The van der Waals surface area contributed by atoms with Crippen LogP contribution in [0.2, 0.25) is 5.02 Å². The smallest absolute Gasteiger partial charge is 0.262 e. The summed E-state index contributed by atoms with van der Waals surface area (Å²) < 4.78 is 24.5. The lowest BCUT2D eigenvalue weighted by atomic mass is 10.3. The molecule has 0 aliphatic heterocycles. The van der Waals surface area contributed by atoms with E-state index in [2.05, 4.69) is 5.32 Å². The first-order chi connectivity index (χ1) is 10.6. The highest BCUT2D eigenvalue weighted by atomic mass is 35.5. The third-order valence-electron chi connectivity index (χ3n) is 2.73. The Kier molecular flexibility index (Phi) is 5.61. The third kappa shape index (κ3) is 4.11. The van der Waals surface area contributed by atoms with Gasteiger partial charge in [0.25, 0.3) is 5.91 Å². The van der Waals surface area contributed by atoms with Gasteiger partial charge in [-0.3, -0.25) is 4.79 Å². The van der Waals surface area contributed by atoms with Crippen LogP contribution in [0.5, 0.6) is 11.5 Å². The van der Waals surface area contributed by atoms with Crippen molar-refractivity contribution in [2.45, 2.75) is 6.92 Å². The normalized spacial score (nSPS) is 10.1. The number of carbonyl (C=O) groups is 1. The van der Waals surface area contributed by atoms with E-state index in [-0.39, 0.29) is 17.3 Å². The van der Waals surface area contributed by atoms with E-state index >= 15 is 0 Å². The van der Waals surface area contributed by atoms with Gasteiger partial charge in [-0.25, -0.2) is 4.39 Å². The number of hydrogen-bond acceptors (Lipinski definition) is 3. The molecule has 0 heterocycles. The monoisotopic (exact) mass is 323 g/mol. The van der Waals surface area contributed by atoms with E-state index in [1.807, 2.05) is 6.92 Å². The van der Waals surface area contributed by atoms with Crippen molar-refractivity contribution in [2.75, 3.05) is 18.5 Å². The van der Waals surface area contributed by atoms with Crippen LogP contribution in [-0.2, 0) is 4.79 Å². The second-order valence-electron chi connectivity index (χ2n) is 4.32. The number of rotatable bonds is 6. The highest BCUT2D eigenvalue weighted by Gasteiger charge is 2.11. The SMILES string of the molecule is CCOc1ccccc1OCC(=O)Nc1cccc(Cl)c1F. The van der Waals surface area contributed by atoms with Crippen molar-refractivity contribution in [3.63, 3.8) is 0 Å². The number of ether oxygens (including phenoxy) is 2. The Morgan fingerprint density at radius 2 is 1.82 bits per heavy atom. The first-order valence-electron chi connectivity index (χ1n) is 6.70. The van der Waals surface area contributed by atoms with Crippen molar-refractivity contribution in [1.29, 1.82) is 0 Å². The summed E-state index contributed by atoms with van der Waals surface area (Å²) in [7, 11) is 0. The summed E-state index contributed by atoms with van der Waals surface area (Å²) in [5.41, 5.74) is 0.0131. The van der Waals surface area contributed by atoms with E-state index in [1.165, 1.54) is 12.1 Å². The van der Waals surface area contributed by atoms with Gasteiger partial charge in [0.1, 0.15) is 0 Å². The van der Waals surface area contributed by atoms with Gasteiger partial charge in [-0.15, -0.1) is 0 Å². The molecule has 4 nitrogen and oxygen atoms in total. The molecule has 0 atom stereocenters. The Morgan fingerprint density at radius 3 is 2.50 bits per heavy atom. The van der Waals surface area contributed by atoms with Gasteiger partial charge in [0.15, 0.2) is 23.9 Å². The van der Waals surface area contributed by atoms with Crippen LogP contribution in [0.4, 0.5) is 10.1 Å². The fourth-order valence-electron chi connectivity index (χ4n) is 1.77. The van der Waals surface area contributed by atoms with Gasteiger partial charge < -0.3 is 14.8 Å². The summed E-state index contributed by atoms with van der Waals surface area (Å²) >= 11 is 5.65. The van der Waals surface area contributed by atoms with Gasteiger partial charge in [0.05, 0.1) is 17.3 Å². The highest BCUT2D eigenvalue weighted by molar-refractivity contribution is 6.31. The zero-order chi connectivity index (χ0) is 15.9. The molecule has 1 amide bonds. The number of para-hydroxylation sites is 2. The molecule has 0 fully saturated rings. The Balaban J connectivity index is 1.97. The van der Waals surface area contributed by atoms with Crippen molar-refractivity contribution >= 4 is 23.2 Å². The van der Waals surface area contributed by atoms with Crippen LogP contribution in [0.15, 0.2) is 42.5 Å². The molecule has 0 aromatic heterocycles. The Morgan fingerprint density at radius 1 is 1.14 bits per heavy atom. The predicted octanol–water partition coefficient (Wildman–Crippen LogP) is 3.90. The van der Waals surface area contributed by atoms with Gasteiger partial charge in [-0.1, -0.05) is 29.8 Å². The standard InChI is InChI=1S/C16H15ClFNO3/c1-2-21-13-8-3-4-9-14(13)22-10-15(20)19-12-7-5-6-11(17)16(12)18/h3-9H,2,10H2,1H3,(H,19,20). The van der Waals surface area contributed by atoms with E-state index in [1.54, 1.807) is 30.3 Å². The third-order valence-corrected chi connectivity index (χ3v) is 3.03. The highest BCUT2D eigenvalue weighted by Crippen LogP contribution is 2.26. The van der Waals surface area contributed by atoms with Crippen molar-refractivity contribution < 1.29 is 18.7 Å². The molecule has 0 spiro atoms. The van der Waals surface area contributed by atoms with Crippen molar-refractivity contribution in [3.05, 3.63) is 53.3 Å². The number of hydrogen-bond donors (Lipinski definition) is 1. The van der Waals surface area contributed by atoms with Gasteiger partial charge in [0, 0.05) is 0 Å². The average molecular weight is 324 g/mol. The fraction of sp³-hybridized carbons (Fsp3) is 0.188. The second-order valence-corrected chi connectivity index (χ2v) is 4.73. The predicted molar refractivity (Wildman–Crippen MR) is 83.1 cm³/mol. The number of anilines is 1. The maximum atomic E-state index is 13.7. The average Bonchev–Trinajstić information content (AvgIpc) is 2.51. The summed E-state index contributed by atoms with van der Waals surface area (Å²) in [6.07, 6.45) is 0. The van der Waals surface area contributed by atoms with E-state index in [9.17, 15) is 9.18 Å². The molecular weight excluding hydrogens is 309 g/mol. The molecule has 6 heteroatoms. The molecule has 0 saturated carbocycles. The van der Waals surface area contributed by atoms with Crippen LogP contribution in [0.1, 0.15) is 6.92 Å². The molecule has 2 rings (SSSR count). The summed E-state index contributed by atoms with van der Waals surface area (Å²) in [6, 6.07) is 11.4. The largest absolute Gasteiger partial charge is 0.490 e. The Hall–Kier alpha value is -2.27. The minimum atomic E-state index is -0.674. The lowest BCUT2D eigenvalue weighted by molar-refractivity contribution is -0.118. The minimum Gasteiger partial charge on any atom is -0.490 e. The van der Waals surface area contributed by atoms with Crippen LogP contribution < -0.4 is 14.8 Å². The molecule has 0 aliphatic carbocycles. The molecule has 0 unspecified atom stereocenters. The molecule has 22 heavy (non-hydrogen) atoms. The number of halogens is 2. The fourth-order valence-corrected chi connectivity index (χ4v) is 1.95. The van der Waals surface area contributed by atoms with Crippen molar-refractivity contribution in [1.82, 2.24) is 0 Å². The number of amides is 1. The number of nitrogens with one attached hydrogen (secondary N) is 1. The van der Waals surface area contributed by atoms with Gasteiger partial charge >= 0.3 is 0 Å². The zero-order valence-electron chi connectivity index (χ0n) is 11.9. The van der Waals surface area contributed by atoms with E-state index < -0.39 is 11.7 Å². The van der Waals surface area contributed by atoms with Gasteiger partial charge in [-0.05, 0) is 31.2 Å². The first-order valence-corrected chi connectivity index (χ1v) is 7.08. The zero-order valence-corrected chi connectivity index (χ0v) is 12.7. The topological polar surface area (TPSA) is 47.6 Å². The van der Waals surface area contributed by atoms with Gasteiger partial charge in [-0.2, -0.15) is 0 Å². The Labute approximate surface area is 132 Å². The van der Waals surface area contributed by atoms with Gasteiger partial charge in [0.2, 0.25) is 0 Å². The van der Waals surface area contributed by atoms with Crippen LogP contribution in [0.25, 0.3) is 0 Å². The molecule has 116 valence electrons. The number of carbonyl (C=O) groups excluding carboxylic acids is 1. The van der Waals surface area contributed by atoms with Crippen molar-refractivity contribution in [3.8, 4) is 11.5 Å². The first kappa shape index (κ1) is 16.1. The summed E-state index contributed by atoms with van der Waals surface area (Å²) in [6.45, 7) is 2.07. The second kappa shape index (κ2) is 7.66. The molecule has 0 bridgehead atoms. The molecule has 2 aromatic carbocycles. The lowest BCUT2D eigenvalue weighted by Crippen LogP contribution is -2.21. The molecular formula is C16H15ClFNO3. The van der Waals surface area contributed by atoms with Crippen LogP contribution >= 0.6 is 11.6 Å². The lowest BCUT2D eigenvalue weighted by Gasteiger charge is -2.12. The maximum Gasteiger partial charge on any atom is 0.262 e. The summed E-state index contributed by atoms with van der Waals surface area (Å²) in [4.78, 5) is 11.8. The quantitative estimate of drug-likeness (QED) is 0.877. The summed E-state index contributed by atoms with van der Waals surface area (Å²) in [5, 5.41) is 2.35.